The number of benzene rings is 1. The predicted molar refractivity (Wildman–Crippen MR) is 107 cm³/mol. The van der Waals surface area contributed by atoms with Gasteiger partial charge in [0.1, 0.15) is 5.71 Å². The van der Waals surface area contributed by atoms with Gasteiger partial charge in [0.15, 0.2) is 0 Å². The lowest BCUT2D eigenvalue weighted by atomic mass is 10.1. The van der Waals surface area contributed by atoms with Gasteiger partial charge in [0.2, 0.25) is 0 Å². The zero-order chi connectivity index (χ0) is 18.2. The van der Waals surface area contributed by atoms with Crippen molar-refractivity contribution in [2.24, 2.45) is 5.10 Å². The molecule has 0 radical (unpaired) electrons. The van der Waals surface area contributed by atoms with Crippen molar-refractivity contribution in [3.05, 3.63) is 64.4 Å². The number of likely N-dealkylation sites (N-methyl/N-ethyl adjacent to an activating group) is 1. The summed E-state index contributed by atoms with van der Waals surface area (Å²) in [5.41, 5.74) is 6.87. The number of nitrogens with zero attached hydrogens (tertiary/aromatic N) is 2. The van der Waals surface area contributed by atoms with Gasteiger partial charge in [-0.1, -0.05) is 18.2 Å². The summed E-state index contributed by atoms with van der Waals surface area (Å²) in [4.78, 5) is 15.5. The van der Waals surface area contributed by atoms with E-state index < -0.39 is 0 Å². The average Bonchev–Trinajstić information content (AvgIpc) is 3.11. The van der Waals surface area contributed by atoms with Crippen LogP contribution in [0.1, 0.15) is 22.4 Å². The fraction of sp³-hybridized carbons (Fsp3) is 0.300. The summed E-state index contributed by atoms with van der Waals surface area (Å²) in [6, 6.07) is 10.2. The summed E-state index contributed by atoms with van der Waals surface area (Å²) in [5.74, 6) is -0.0761. The molecule has 0 aliphatic rings. The van der Waals surface area contributed by atoms with Crippen molar-refractivity contribution in [3.63, 3.8) is 0 Å². The van der Waals surface area contributed by atoms with Crippen molar-refractivity contribution in [2.75, 3.05) is 19.0 Å². The van der Waals surface area contributed by atoms with Crippen LogP contribution in [0, 0.1) is 13.8 Å². The van der Waals surface area contributed by atoms with Crippen molar-refractivity contribution in [2.45, 2.75) is 26.7 Å². The number of hydrogen-bond acceptors (Lipinski definition) is 4. The van der Waals surface area contributed by atoms with Crippen LogP contribution in [0.5, 0.6) is 0 Å². The minimum atomic E-state index is -0.0761. The van der Waals surface area contributed by atoms with Gasteiger partial charge in [-0.25, -0.2) is 0 Å². The van der Waals surface area contributed by atoms with Gasteiger partial charge >= 0.3 is 0 Å². The van der Waals surface area contributed by atoms with E-state index in [4.69, 9.17) is 0 Å². The maximum Gasteiger partial charge on any atom is 0.270 e. The second-order valence-electron chi connectivity index (χ2n) is 6.02. The Morgan fingerprint density at radius 1 is 1.32 bits per heavy atom. The maximum absolute atomic E-state index is 12.6. The van der Waals surface area contributed by atoms with Crippen LogP contribution in [-0.4, -0.2) is 30.1 Å². The molecule has 0 unspecified atom stereocenters. The molecule has 1 heterocycles. The Morgan fingerprint density at radius 2 is 2.12 bits per heavy atom. The lowest BCUT2D eigenvalue weighted by Crippen LogP contribution is -2.34. The lowest BCUT2D eigenvalue weighted by Gasteiger charge is -2.16. The topological polar surface area (TPSA) is 44.7 Å². The Bertz CT molecular complexity index is 750. The van der Waals surface area contributed by atoms with Crippen LogP contribution in [0.2, 0.25) is 0 Å². The van der Waals surface area contributed by atoms with E-state index in [2.05, 4.69) is 37.0 Å². The summed E-state index contributed by atoms with van der Waals surface area (Å²) in [7, 11) is 1.76. The molecule has 1 aromatic carbocycles. The molecule has 132 valence electrons. The largest absolute Gasteiger partial charge is 0.337 e. The van der Waals surface area contributed by atoms with E-state index in [-0.39, 0.29) is 5.91 Å². The van der Waals surface area contributed by atoms with Gasteiger partial charge in [-0.3, -0.25) is 10.2 Å². The summed E-state index contributed by atoms with van der Waals surface area (Å²) in [5, 5.41) is 6.46. The molecule has 0 aliphatic carbocycles. The van der Waals surface area contributed by atoms with E-state index in [9.17, 15) is 4.79 Å². The molecule has 0 aliphatic heterocycles. The molecule has 1 aromatic heterocycles. The second-order valence-corrected chi connectivity index (χ2v) is 7.06. The number of thiophene rings is 1. The highest BCUT2D eigenvalue weighted by Crippen LogP contribution is 2.15. The molecule has 1 amide bonds. The fourth-order valence-corrected chi connectivity index (χ4v) is 3.06. The van der Waals surface area contributed by atoms with Crippen molar-refractivity contribution in [3.8, 4) is 0 Å². The number of hydrazone groups is 1. The first-order valence-corrected chi connectivity index (χ1v) is 9.17. The fourth-order valence-electron chi connectivity index (χ4n) is 2.35. The monoisotopic (exact) mass is 355 g/mol. The number of carbonyl (C=O) groups excluding carboxylic acids is 1. The van der Waals surface area contributed by atoms with Gasteiger partial charge in [-0.05, 0) is 55.0 Å². The smallest absolute Gasteiger partial charge is 0.270 e. The van der Waals surface area contributed by atoms with Crippen LogP contribution in [0.3, 0.4) is 0 Å². The number of hydrogen-bond donors (Lipinski definition) is 1. The Balaban J connectivity index is 2.14. The minimum Gasteiger partial charge on any atom is -0.337 e. The molecule has 2 aromatic rings. The van der Waals surface area contributed by atoms with Crippen LogP contribution in [0.4, 0.5) is 5.69 Å². The van der Waals surface area contributed by atoms with Crippen LogP contribution in [0.15, 0.2) is 53.5 Å². The van der Waals surface area contributed by atoms with Crippen LogP contribution in [-0.2, 0) is 11.2 Å². The third-order valence-corrected chi connectivity index (χ3v) is 4.95. The number of anilines is 1. The molecular formula is C20H25N3OS. The van der Waals surface area contributed by atoms with Crippen molar-refractivity contribution in [1.82, 2.24) is 4.90 Å². The average molecular weight is 356 g/mol. The van der Waals surface area contributed by atoms with E-state index in [0.717, 1.165) is 12.1 Å². The SMILES string of the molecule is C=CCN(C)C(=O)/C(CCc1cccs1)=N/Nc1ccc(C)c(C)c1. The Labute approximate surface area is 153 Å². The zero-order valence-electron chi connectivity index (χ0n) is 15.1. The number of amides is 1. The number of rotatable bonds is 8. The third kappa shape index (κ3) is 5.57. The molecule has 0 atom stereocenters. The van der Waals surface area contributed by atoms with Gasteiger partial charge in [0.25, 0.3) is 5.91 Å². The van der Waals surface area contributed by atoms with E-state index in [0.29, 0.717) is 18.7 Å². The van der Waals surface area contributed by atoms with E-state index in [1.165, 1.54) is 16.0 Å². The molecule has 0 saturated heterocycles. The van der Waals surface area contributed by atoms with Crippen LogP contribution >= 0.6 is 11.3 Å². The number of aryl methyl sites for hydroxylation is 3. The quantitative estimate of drug-likeness (QED) is 0.433. The van der Waals surface area contributed by atoms with Gasteiger partial charge in [-0.2, -0.15) is 5.10 Å². The van der Waals surface area contributed by atoms with Crippen molar-refractivity contribution >= 4 is 28.6 Å². The van der Waals surface area contributed by atoms with Crippen molar-refractivity contribution < 1.29 is 4.79 Å². The Hall–Kier alpha value is -2.40. The third-order valence-electron chi connectivity index (χ3n) is 4.01. The zero-order valence-corrected chi connectivity index (χ0v) is 15.9. The lowest BCUT2D eigenvalue weighted by molar-refractivity contribution is -0.122. The molecule has 0 bridgehead atoms. The highest BCUT2D eigenvalue weighted by atomic mass is 32.1. The molecule has 5 heteroatoms. The first kappa shape index (κ1) is 18.9. The Morgan fingerprint density at radius 3 is 2.76 bits per heavy atom. The van der Waals surface area contributed by atoms with Crippen LogP contribution in [0.25, 0.3) is 0 Å². The molecule has 25 heavy (non-hydrogen) atoms. The molecule has 0 fully saturated rings. The van der Waals surface area contributed by atoms with Crippen molar-refractivity contribution in [1.29, 1.82) is 0 Å². The summed E-state index contributed by atoms with van der Waals surface area (Å²) in [6.45, 7) is 8.33. The molecular weight excluding hydrogens is 330 g/mol. The van der Waals surface area contributed by atoms with Gasteiger partial charge in [0, 0.05) is 24.9 Å². The molecule has 0 spiro atoms. The van der Waals surface area contributed by atoms with Gasteiger partial charge in [0.05, 0.1) is 5.69 Å². The maximum atomic E-state index is 12.6. The summed E-state index contributed by atoms with van der Waals surface area (Å²) >= 11 is 1.70. The molecule has 2 rings (SSSR count). The second kappa shape index (κ2) is 9.18. The normalized spacial score (nSPS) is 11.2. The number of carbonyl (C=O) groups is 1. The van der Waals surface area contributed by atoms with E-state index in [1.807, 2.05) is 29.6 Å². The number of nitrogens with one attached hydrogen (secondary N) is 1. The molecule has 1 N–H and O–H groups in total. The highest BCUT2D eigenvalue weighted by Gasteiger charge is 2.16. The van der Waals surface area contributed by atoms with E-state index >= 15 is 0 Å². The first-order chi connectivity index (χ1) is 12.0. The Kier molecular flexibility index (Phi) is 6.95. The molecule has 0 saturated carbocycles. The predicted octanol–water partition coefficient (Wildman–Crippen LogP) is 4.41. The highest BCUT2D eigenvalue weighted by molar-refractivity contribution is 7.09. The van der Waals surface area contributed by atoms with Gasteiger partial charge in [-0.15, -0.1) is 17.9 Å². The van der Waals surface area contributed by atoms with Gasteiger partial charge < -0.3 is 4.90 Å². The summed E-state index contributed by atoms with van der Waals surface area (Å²) < 4.78 is 0. The molecule has 4 nitrogen and oxygen atoms in total. The first-order valence-electron chi connectivity index (χ1n) is 8.30. The van der Waals surface area contributed by atoms with E-state index in [1.54, 1.807) is 29.4 Å². The minimum absolute atomic E-state index is 0.0761. The standard InChI is InChI=1S/C20H25N3OS/c1-5-12-23(4)20(24)19(11-10-18-7-6-13-25-18)22-21-17-9-8-15(2)16(3)14-17/h5-9,13-14,21H,1,10-12H2,2-4H3/b22-19+. The van der Waals surface area contributed by atoms with Crippen LogP contribution < -0.4 is 5.43 Å². The summed E-state index contributed by atoms with van der Waals surface area (Å²) in [6.07, 6.45) is 3.11.